The molecule has 28 heavy (non-hydrogen) atoms. The average molecular weight is 394 g/mol. The van der Waals surface area contributed by atoms with Gasteiger partial charge in [0.15, 0.2) is 16.6 Å². The number of anilines is 1. The molecule has 0 bridgehead atoms. The maximum absolute atomic E-state index is 13.3. The van der Waals surface area contributed by atoms with Crippen molar-refractivity contribution < 1.29 is 13.9 Å². The van der Waals surface area contributed by atoms with E-state index >= 15 is 0 Å². The Hall–Kier alpha value is -3.12. The molecule has 0 amide bonds. The molecule has 4 rings (SSSR count). The van der Waals surface area contributed by atoms with E-state index in [0.29, 0.717) is 30.2 Å². The lowest BCUT2D eigenvalue weighted by Gasteiger charge is -2.12. The number of ether oxygens (including phenoxy) is 2. The van der Waals surface area contributed by atoms with Crippen molar-refractivity contribution in [2.45, 2.75) is 13.2 Å². The van der Waals surface area contributed by atoms with Crippen LogP contribution in [0.25, 0.3) is 10.2 Å². The molecular formula is C22H19FN2O2S. The monoisotopic (exact) mass is 394 g/mol. The lowest BCUT2D eigenvalue weighted by molar-refractivity contribution is 0.284. The van der Waals surface area contributed by atoms with Crippen molar-refractivity contribution in [1.82, 2.24) is 4.98 Å². The standard InChI is InChI=1S/C22H19FN2O2S/c1-26-20-11-16(7-9-19(20)27-14-15-5-3-2-4-6-15)13-24-22-25-18-12-17(23)8-10-21(18)28-22/h2-12H,13-14H2,1H3,(H,24,25). The number of hydrogen-bond donors (Lipinski definition) is 1. The minimum absolute atomic E-state index is 0.278. The fourth-order valence-corrected chi connectivity index (χ4v) is 3.67. The first-order valence-corrected chi connectivity index (χ1v) is 9.66. The van der Waals surface area contributed by atoms with Crippen LogP contribution in [0, 0.1) is 5.82 Å². The Balaban J connectivity index is 1.43. The van der Waals surface area contributed by atoms with Crippen LogP contribution in [0.3, 0.4) is 0 Å². The summed E-state index contributed by atoms with van der Waals surface area (Å²) in [6.07, 6.45) is 0. The van der Waals surface area contributed by atoms with E-state index in [-0.39, 0.29) is 5.82 Å². The third kappa shape index (κ3) is 4.23. The zero-order valence-corrected chi connectivity index (χ0v) is 16.1. The highest BCUT2D eigenvalue weighted by molar-refractivity contribution is 7.22. The Labute approximate surface area is 166 Å². The molecule has 1 N–H and O–H groups in total. The quantitative estimate of drug-likeness (QED) is 0.441. The van der Waals surface area contributed by atoms with Crippen LogP contribution in [-0.4, -0.2) is 12.1 Å². The van der Waals surface area contributed by atoms with Crippen LogP contribution in [0.1, 0.15) is 11.1 Å². The van der Waals surface area contributed by atoms with Gasteiger partial charge in [0.05, 0.1) is 17.3 Å². The molecule has 0 radical (unpaired) electrons. The summed E-state index contributed by atoms with van der Waals surface area (Å²) in [5.74, 6) is 1.10. The Morgan fingerprint density at radius 2 is 1.82 bits per heavy atom. The number of nitrogens with zero attached hydrogens (tertiary/aromatic N) is 1. The van der Waals surface area contributed by atoms with Gasteiger partial charge in [0.25, 0.3) is 0 Å². The van der Waals surface area contributed by atoms with Crippen molar-refractivity contribution in [3.8, 4) is 11.5 Å². The van der Waals surface area contributed by atoms with Gasteiger partial charge in [-0.15, -0.1) is 0 Å². The molecule has 0 fully saturated rings. The number of hydrogen-bond acceptors (Lipinski definition) is 5. The van der Waals surface area contributed by atoms with Gasteiger partial charge < -0.3 is 14.8 Å². The third-order valence-electron chi connectivity index (χ3n) is 4.26. The second kappa shape index (κ2) is 8.27. The summed E-state index contributed by atoms with van der Waals surface area (Å²) in [4.78, 5) is 4.42. The maximum Gasteiger partial charge on any atom is 0.184 e. The van der Waals surface area contributed by atoms with Crippen LogP contribution in [0.5, 0.6) is 11.5 Å². The van der Waals surface area contributed by atoms with Gasteiger partial charge in [0.1, 0.15) is 12.4 Å². The largest absolute Gasteiger partial charge is 0.493 e. The first-order chi connectivity index (χ1) is 13.7. The van der Waals surface area contributed by atoms with Crippen molar-refractivity contribution in [2.24, 2.45) is 0 Å². The molecule has 4 aromatic rings. The number of fused-ring (bicyclic) bond motifs is 1. The van der Waals surface area contributed by atoms with E-state index in [1.165, 1.54) is 23.5 Å². The highest BCUT2D eigenvalue weighted by atomic mass is 32.1. The lowest BCUT2D eigenvalue weighted by atomic mass is 10.2. The number of thiazole rings is 1. The minimum atomic E-state index is -0.278. The van der Waals surface area contributed by atoms with Crippen molar-refractivity contribution in [2.75, 3.05) is 12.4 Å². The maximum atomic E-state index is 13.3. The normalized spacial score (nSPS) is 10.8. The van der Waals surface area contributed by atoms with E-state index < -0.39 is 0 Å². The smallest absolute Gasteiger partial charge is 0.184 e. The van der Waals surface area contributed by atoms with E-state index in [4.69, 9.17) is 9.47 Å². The number of aromatic nitrogens is 1. The van der Waals surface area contributed by atoms with Crippen LogP contribution in [-0.2, 0) is 13.2 Å². The molecular weight excluding hydrogens is 375 g/mol. The molecule has 0 saturated carbocycles. The van der Waals surface area contributed by atoms with Crippen LogP contribution in [0.15, 0.2) is 66.7 Å². The molecule has 0 aliphatic heterocycles. The van der Waals surface area contributed by atoms with Gasteiger partial charge in [-0.1, -0.05) is 47.7 Å². The van der Waals surface area contributed by atoms with Crippen molar-refractivity contribution in [3.63, 3.8) is 0 Å². The Bertz CT molecular complexity index is 1080. The molecule has 1 aromatic heterocycles. The molecule has 1 heterocycles. The van der Waals surface area contributed by atoms with Crippen molar-refractivity contribution >= 4 is 26.7 Å². The second-order valence-electron chi connectivity index (χ2n) is 6.24. The van der Waals surface area contributed by atoms with Crippen LogP contribution >= 0.6 is 11.3 Å². The van der Waals surface area contributed by atoms with Gasteiger partial charge in [0.2, 0.25) is 0 Å². The average Bonchev–Trinajstić information content (AvgIpc) is 3.13. The summed E-state index contributed by atoms with van der Waals surface area (Å²) in [6.45, 7) is 1.06. The van der Waals surface area contributed by atoms with Gasteiger partial charge >= 0.3 is 0 Å². The molecule has 0 unspecified atom stereocenters. The summed E-state index contributed by atoms with van der Waals surface area (Å²) in [6, 6.07) is 20.5. The Morgan fingerprint density at radius 1 is 0.964 bits per heavy atom. The van der Waals surface area contributed by atoms with Crippen LogP contribution in [0.4, 0.5) is 9.52 Å². The molecule has 3 aromatic carbocycles. The predicted octanol–water partition coefficient (Wildman–Crippen LogP) is 5.64. The summed E-state index contributed by atoms with van der Waals surface area (Å²) in [7, 11) is 1.63. The van der Waals surface area contributed by atoms with Crippen LogP contribution in [0.2, 0.25) is 0 Å². The SMILES string of the molecule is COc1cc(CNc2nc3cc(F)ccc3s2)ccc1OCc1ccccc1. The fourth-order valence-electron chi connectivity index (χ4n) is 2.83. The number of rotatable bonds is 7. The van der Waals surface area contributed by atoms with Crippen molar-refractivity contribution in [1.29, 1.82) is 0 Å². The van der Waals surface area contributed by atoms with Gasteiger partial charge in [-0.05, 0) is 35.4 Å². The zero-order chi connectivity index (χ0) is 19.3. The molecule has 0 aliphatic carbocycles. The van der Waals surface area contributed by atoms with E-state index in [9.17, 15) is 4.39 Å². The molecule has 0 aliphatic rings. The summed E-state index contributed by atoms with van der Waals surface area (Å²) in [5, 5.41) is 4.04. The van der Waals surface area contributed by atoms with Gasteiger partial charge in [-0.2, -0.15) is 0 Å². The van der Waals surface area contributed by atoms with Crippen molar-refractivity contribution in [3.05, 3.63) is 83.7 Å². The minimum Gasteiger partial charge on any atom is -0.493 e. The van der Waals surface area contributed by atoms with E-state index in [1.54, 1.807) is 13.2 Å². The first-order valence-electron chi connectivity index (χ1n) is 8.85. The molecule has 6 heteroatoms. The Morgan fingerprint density at radius 3 is 2.64 bits per heavy atom. The third-order valence-corrected chi connectivity index (χ3v) is 5.25. The molecule has 142 valence electrons. The predicted molar refractivity (Wildman–Crippen MR) is 111 cm³/mol. The van der Waals surface area contributed by atoms with E-state index in [1.807, 2.05) is 48.5 Å². The number of methoxy groups -OCH3 is 1. The topological polar surface area (TPSA) is 43.4 Å². The molecule has 4 nitrogen and oxygen atoms in total. The number of halogens is 1. The molecule has 0 atom stereocenters. The highest BCUT2D eigenvalue weighted by Gasteiger charge is 2.08. The van der Waals surface area contributed by atoms with Gasteiger partial charge in [-0.3, -0.25) is 0 Å². The van der Waals surface area contributed by atoms with Crippen LogP contribution < -0.4 is 14.8 Å². The molecule has 0 saturated heterocycles. The molecule has 0 spiro atoms. The number of nitrogens with one attached hydrogen (secondary N) is 1. The summed E-state index contributed by atoms with van der Waals surface area (Å²) in [5.41, 5.74) is 2.80. The number of benzene rings is 3. The first kappa shape index (κ1) is 18.3. The zero-order valence-electron chi connectivity index (χ0n) is 15.3. The van der Waals surface area contributed by atoms with Gasteiger partial charge in [0, 0.05) is 12.6 Å². The Kier molecular flexibility index (Phi) is 5.39. The summed E-state index contributed by atoms with van der Waals surface area (Å²) >= 11 is 1.50. The second-order valence-corrected chi connectivity index (χ2v) is 7.27. The van der Waals surface area contributed by atoms with E-state index in [2.05, 4.69) is 10.3 Å². The summed E-state index contributed by atoms with van der Waals surface area (Å²) < 4.78 is 25.6. The highest BCUT2D eigenvalue weighted by Crippen LogP contribution is 2.30. The fraction of sp³-hybridized carbons (Fsp3) is 0.136. The lowest BCUT2D eigenvalue weighted by Crippen LogP contribution is -2.01. The van der Waals surface area contributed by atoms with Gasteiger partial charge in [-0.25, -0.2) is 9.37 Å². The van der Waals surface area contributed by atoms with E-state index in [0.717, 1.165) is 21.0 Å².